The van der Waals surface area contributed by atoms with Gasteiger partial charge in [-0.15, -0.1) is 24.0 Å². The molecule has 130 valence electrons. The third-order valence-electron chi connectivity index (χ3n) is 3.61. The molecule has 6 nitrogen and oxygen atoms in total. The van der Waals surface area contributed by atoms with Crippen LogP contribution in [0.2, 0.25) is 0 Å². The molecule has 0 saturated carbocycles. The first kappa shape index (κ1) is 19.8. The number of likely N-dealkylation sites (N-methyl/N-ethyl adjacent to an activating group) is 1. The lowest BCUT2D eigenvalue weighted by molar-refractivity contribution is 0.0936. The molecule has 1 aliphatic rings. The Balaban J connectivity index is 0.00000264. The number of benzene rings is 1. The maximum atomic E-state index is 5.91. The van der Waals surface area contributed by atoms with Gasteiger partial charge >= 0.3 is 0 Å². The third kappa shape index (κ3) is 6.42. The lowest BCUT2D eigenvalue weighted by Crippen LogP contribution is -2.46. The summed E-state index contributed by atoms with van der Waals surface area (Å²) in [6.07, 6.45) is -0.0215. The Bertz CT molecular complexity index is 499. The molecule has 23 heavy (non-hydrogen) atoms. The number of fused-ring (bicyclic) bond motifs is 1. The van der Waals surface area contributed by atoms with Crippen LogP contribution in [0.1, 0.15) is 6.92 Å². The molecule has 1 atom stereocenters. The highest BCUT2D eigenvalue weighted by molar-refractivity contribution is 14.0. The van der Waals surface area contributed by atoms with E-state index in [0.717, 1.165) is 37.1 Å². The van der Waals surface area contributed by atoms with Crippen LogP contribution in [0.3, 0.4) is 0 Å². The predicted octanol–water partition coefficient (Wildman–Crippen LogP) is 1.56. The van der Waals surface area contributed by atoms with Crippen LogP contribution in [0.5, 0.6) is 11.5 Å². The molecule has 0 amide bonds. The predicted molar refractivity (Wildman–Crippen MR) is 104 cm³/mol. The molecule has 1 aromatic rings. The summed E-state index contributed by atoms with van der Waals surface area (Å²) in [5, 5.41) is 6.57. The standard InChI is InChI=1S/C16H26N4O2.HI/c1-4-20(3)10-9-18-16(17-2)19-11-13-12-21-14-7-5-6-8-15(14)22-13;/h5-8,13H,4,9-12H2,1-3H3,(H2,17,18,19);1H. The number of aliphatic imine (C=N–C) groups is 1. The van der Waals surface area contributed by atoms with Gasteiger partial charge in [0.15, 0.2) is 17.5 Å². The van der Waals surface area contributed by atoms with E-state index >= 15 is 0 Å². The molecule has 2 rings (SSSR count). The molecule has 0 bridgehead atoms. The maximum absolute atomic E-state index is 5.91. The Hall–Kier alpha value is -1.22. The molecule has 0 radical (unpaired) electrons. The van der Waals surface area contributed by atoms with Gasteiger partial charge in [-0.3, -0.25) is 4.99 Å². The van der Waals surface area contributed by atoms with E-state index in [1.165, 1.54) is 0 Å². The molecule has 7 heteroatoms. The van der Waals surface area contributed by atoms with E-state index in [4.69, 9.17) is 9.47 Å². The Kier molecular flexibility index (Phi) is 9.08. The van der Waals surface area contributed by atoms with Gasteiger partial charge in [0.2, 0.25) is 0 Å². The van der Waals surface area contributed by atoms with Crippen LogP contribution in [-0.4, -0.2) is 63.8 Å². The summed E-state index contributed by atoms with van der Waals surface area (Å²) in [4.78, 5) is 6.46. The summed E-state index contributed by atoms with van der Waals surface area (Å²) in [5.41, 5.74) is 0. The van der Waals surface area contributed by atoms with Crippen LogP contribution in [-0.2, 0) is 0 Å². The molecule has 0 spiro atoms. The van der Waals surface area contributed by atoms with Crippen molar-refractivity contribution < 1.29 is 9.47 Å². The van der Waals surface area contributed by atoms with Crippen LogP contribution in [0.15, 0.2) is 29.3 Å². The van der Waals surface area contributed by atoms with Crippen LogP contribution in [0, 0.1) is 0 Å². The summed E-state index contributed by atoms with van der Waals surface area (Å²) in [7, 11) is 3.87. The van der Waals surface area contributed by atoms with Crippen molar-refractivity contribution in [1.29, 1.82) is 0 Å². The largest absolute Gasteiger partial charge is 0.486 e. The van der Waals surface area contributed by atoms with E-state index in [1.54, 1.807) is 7.05 Å². The summed E-state index contributed by atoms with van der Waals surface area (Å²) in [5.74, 6) is 2.39. The quantitative estimate of drug-likeness (QED) is 0.405. The minimum absolute atomic E-state index is 0. The average Bonchev–Trinajstić information content (AvgIpc) is 2.57. The first-order chi connectivity index (χ1) is 10.7. The summed E-state index contributed by atoms with van der Waals surface area (Å²) < 4.78 is 11.6. The number of rotatable bonds is 6. The van der Waals surface area contributed by atoms with Gasteiger partial charge < -0.3 is 25.0 Å². The second-order valence-corrected chi connectivity index (χ2v) is 5.27. The fraction of sp³-hybridized carbons (Fsp3) is 0.562. The van der Waals surface area contributed by atoms with Crippen molar-refractivity contribution in [3.63, 3.8) is 0 Å². The Morgan fingerprint density at radius 2 is 2.04 bits per heavy atom. The van der Waals surface area contributed by atoms with Crippen molar-refractivity contribution in [3.05, 3.63) is 24.3 Å². The van der Waals surface area contributed by atoms with E-state index in [9.17, 15) is 0 Å². The van der Waals surface area contributed by atoms with Crippen molar-refractivity contribution in [2.45, 2.75) is 13.0 Å². The zero-order valence-electron chi connectivity index (χ0n) is 14.0. The average molecular weight is 434 g/mol. The van der Waals surface area contributed by atoms with Crippen molar-refractivity contribution in [3.8, 4) is 11.5 Å². The van der Waals surface area contributed by atoms with Gasteiger partial charge in [-0.25, -0.2) is 0 Å². The summed E-state index contributed by atoms with van der Waals surface area (Å²) in [6, 6.07) is 7.74. The molecule has 1 heterocycles. The van der Waals surface area contributed by atoms with Gasteiger partial charge in [0, 0.05) is 20.1 Å². The van der Waals surface area contributed by atoms with Crippen molar-refractivity contribution in [1.82, 2.24) is 15.5 Å². The number of ether oxygens (including phenoxy) is 2. The number of para-hydroxylation sites is 2. The van der Waals surface area contributed by atoms with Gasteiger partial charge in [0.1, 0.15) is 12.7 Å². The highest BCUT2D eigenvalue weighted by Crippen LogP contribution is 2.30. The molecule has 1 aliphatic heterocycles. The second-order valence-electron chi connectivity index (χ2n) is 5.27. The molecule has 0 aliphatic carbocycles. The number of hydrogen-bond acceptors (Lipinski definition) is 4. The van der Waals surface area contributed by atoms with Gasteiger partial charge in [0.05, 0.1) is 6.54 Å². The van der Waals surface area contributed by atoms with Gasteiger partial charge in [-0.05, 0) is 25.7 Å². The number of nitrogens with one attached hydrogen (secondary N) is 2. The van der Waals surface area contributed by atoms with E-state index in [-0.39, 0.29) is 30.1 Å². The molecular weight excluding hydrogens is 407 g/mol. The lowest BCUT2D eigenvalue weighted by atomic mass is 10.2. The second kappa shape index (κ2) is 10.5. The van der Waals surface area contributed by atoms with Crippen LogP contribution in [0.25, 0.3) is 0 Å². The molecule has 1 aromatic carbocycles. The summed E-state index contributed by atoms with van der Waals surface area (Å²) >= 11 is 0. The van der Waals surface area contributed by atoms with Crippen LogP contribution in [0.4, 0.5) is 0 Å². The molecule has 2 N–H and O–H groups in total. The third-order valence-corrected chi connectivity index (χ3v) is 3.61. The normalized spacial score (nSPS) is 16.7. The van der Waals surface area contributed by atoms with E-state index in [0.29, 0.717) is 13.2 Å². The van der Waals surface area contributed by atoms with Crippen LogP contribution < -0.4 is 20.1 Å². The first-order valence-corrected chi connectivity index (χ1v) is 7.74. The Labute approximate surface area is 155 Å². The van der Waals surface area contributed by atoms with E-state index < -0.39 is 0 Å². The maximum Gasteiger partial charge on any atom is 0.191 e. The Morgan fingerprint density at radius 1 is 1.30 bits per heavy atom. The fourth-order valence-electron chi connectivity index (χ4n) is 2.12. The summed E-state index contributed by atoms with van der Waals surface area (Å²) in [6.45, 7) is 6.21. The van der Waals surface area contributed by atoms with E-state index in [2.05, 4.69) is 34.5 Å². The minimum Gasteiger partial charge on any atom is -0.486 e. The number of guanidine groups is 1. The lowest BCUT2D eigenvalue weighted by Gasteiger charge is -2.27. The SMILES string of the molecule is CCN(C)CCNC(=NC)NCC1COc2ccccc2O1.I. The monoisotopic (exact) mass is 434 g/mol. The minimum atomic E-state index is -0.0215. The molecule has 0 saturated heterocycles. The van der Waals surface area contributed by atoms with Gasteiger partial charge in [-0.2, -0.15) is 0 Å². The fourth-order valence-corrected chi connectivity index (χ4v) is 2.12. The number of halogens is 1. The molecule has 1 unspecified atom stereocenters. The zero-order chi connectivity index (χ0) is 15.8. The van der Waals surface area contributed by atoms with Crippen molar-refractivity contribution >= 4 is 29.9 Å². The van der Waals surface area contributed by atoms with E-state index in [1.807, 2.05) is 24.3 Å². The first-order valence-electron chi connectivity index (χ1n) is 7.74. The highest BCUT2D eigenvalue weighted by atomic mass is 127. The zero-order valence-corrected chi connectivity index (χ0v) is 16.4. The van der Waals surface area contributed by atoms with Crippen molar-refractivity contribution in [2.24, 2.45) is 4.99 Å². The van der Waals surface area contributed by atoms with Gasteiger partial charge in [0.25, 0.3) is 0 Å². The molecule has 0 fully saturated rings. The highest BCUT2D eigenvalue weighted by Gasteiger charge is 2.20. The molecular formula is C16H27IN4O2. The smallest absolute Gasteiger partial charge is 0.191 e. The number of hydrogen-bond donors (Lipinski definition) is 2. The van der Waals surface area contributed by atoms with Gasteiger partial charge in [-0.1, -0.05) is 19.1 Å². The van der Waals surface area contributed by atoms with Crippen LogP contribution >= 0.6 is 24.0 Å². The number of nitrogens with zero attached hydrogens (tertiary/aromatic N) is 2. The molecule has 0 aromatic heterocycles. The Morgan fingerprint density at radius 3 is 2.74 bits per heavy atom. The van der Waals surface area contributed by atoms with Crippen molar-refractivity contribution in [2.75, 3.05) is 46.9 Å². The topological polar surface area (TPSA) is 58.1 Å².